The first-order chi connectivity index (χ1) is 17.2. The van der Waals surface area contributed by atoms with Crippen molar-refractivity contribution in [1.29, 1.82) is 0 Å². The van der Waals surface area contributed by atoms with Crippen LogP contribution in [0.4, 0.5) is 0 Å². The molecule has 1 atom stereocenters. The minimum absolute atomic E-state index is 0.0889. The Morgan fingerprint density at radius 2 is 1.46 bits per heavy atom. The van der Waals surface area contributed by atoms with Gasteiger partial charge in [-0.15, -0.1) is 0 Å². The molecular formula is C32H38O3. The number of ether oxygens (including phenoxy) is 1. The number of fused-ring (bicyclic) bond motifs is 2. The van der Waals surface area contributed by atoms with Crippen LogP contribution in [0.15, 0.2) is 66.3 Å². The van der Waals surface area contributed by atoms with Gasteiger partial charge in [0.25, 0.3) is 0 Å². The lowest BCUT2D eigenvalue weighted by Gasteiger charge is -2.30. The zero-order valence-electron chi connectivity index (χ0n) is 21.1. The first-order valence-corrected chi connectivity index (χ1v) is 13.5. The Hall–Kier alpha value is -2.94. The largest absolute Gasteiger partial charge is 0.494 e. The van der Waals surface area contributed by atoms with Gasteiger partial charge in [0.1, 0.15) is 5.75 Å². The molecule has 0 heterocycles. The Kier molecular flexibility index (Phi) is 9.11. The van der Waals surface area contributed by atoms with Crippen LogP contribution in [-0.4, -0.2) is 18.2 Å². The highest BCUT2D eigenvalue weighted by Gasteiger charge is 2.32. The van der Waals surface area contributed by atoms with Crippen molar-refractivity contribution in [2.75, 3.05) is 6.61 Å². The van der Waals surface area contributed by atoms with Crippen LogP contribution >= 0.6 is 0 Å². The quantitative estimate of drug-likeness (QED) is 0.223. The summed E-state index contributed by atoms with van der Waals surface area (Å²) in [4.78, 5) is 24.9. The van der Waals surface area contributed by atoms with Crippen LogP contribution in [0, 0.1) is 0 Å². The Morgan fingerprint density at radius 3 is 2.23 bits per heavy atom. The van der Waals surface area contributed by atoms with Crippen LogP contribution in [-0.2, 0) is 16.0 Å². The third-order valence-corrected chi connectivity index (χ3v) is 7.23. The van der Waals surface area contributed by atoms with Gasteiger partial charge in [-0.05, 0) is 65.5 Å². The van der Waals surface area contributed by atoms with Crippen molar-refractivity contribution in [3.63, 3.8) is 0 Å². The highest BCUT2D eigenvalue weighted by Crippen LogP contribution is 2.43. The van der Waals surface area contributed by atoms with Crippen molar-refractivity contribution in [2.45, 2.75) is 83.5 Å². The maximum absolute atomic E-state index is 12.8. The number of hydrogen-bond donors (Lipinski definition) is 0. The van der Waals surface area contributed by atoms with Gasteiger partial charge in [0.05, 0.1) is 6.61 Å². The van der Waals surface area contributed by atoms with Crippen LogP contribution < -0.4 is 4.74 Å². The van der Waals surface area contributed by atoms with Gasteiger partial charge in [-0.1, -0.05) is 95.0 Å². The molecule has 35 heavy (non-hydrogen) atoms. The van der Waals surface area contributed by atoms with Gasteiger partial charge in [0.15, 0.2) is 11.6 Å². The van der Waals surface area contributed by atoms with Crippen LogP contribution in [0.1, 0.15) is 99.3 Å². The van der Waals surface area contributed by atoms with Crippen molar-refractivity contribution in [3.8, 4) is 5.75 Å². The van der Waals surface area contributed by atoms with Crippen LogP contribution in [0.2, 0.25) is 0 Å². The fourth-order valence-electron chi connectivity index (χ4n) is 5.31. The van der Waals surface area contributed by atoms with Crippen molar-refractivity contribution in [1.82, 2.24) is 0 Å². The van der Waals surface area contributed by atoms with Crippen molar-refractivity contribution < 1.29 is 14.3 Å². The van der Waals surface area contributed by atoms with Gasteiger partial charge in [-0.3, -0.25) is 9.59 Å². The van der Waals surface area contributed by atoms with Crippen molar-refractivity contribution in [3.05, 3.63) is 88.5 Å². The van der Waals surface area contributed by atoms with E-state index in [0.717, 1.165) is 29.7 Å². The number of rotatable bonds is 13. The van der Waals surface area contributed by atoms with Gasteiger partial charge in [0.2, 0.25) is 0 Å². The normalized spacial score (nSPS) is 16.6. The second-order valence-electron chi connectivity index (χ2n) is 9.90. The lowest BCUT2D eigenvalue weighted by atomic mass is 9.72. The standard InChI is InChI=1S/C32H38O3/c1-2-3-4-5-6-7-8-9-10-13-20-35-27-18-16-25-21-24-14-11-12-15-28(24)32(29(25)23-27)30-22-26(33)17-19-31(30)34/h11-12,14-19,22-23,32H,2-10,13,20-21H2,1H3. The van der Waals surface area contributed by atoms with E-state index in [9.17, 15) is 9.59 Å². The number of benzene rings is 2. The SMILES string of the molecule is CCCCCCCCCCCCOc1ccc2c(c1)C(C1=CC(=O)C=CC1=O)c1ccccc1C2. The molecule has 0 spiro atoms. The number of carbonyl (C=O) groups excluding carboxylic acids is 2. The van der Waals surface area contributed by atoms with E-state index in [4.69, 9.17) is 4.74 Å². The highest BCUT2D eigenvalue weighted by molar-refractivity contribution is 6.18. The molecule has 0 N–H and O–H groups in total. The summed E-state index contributed by atoms with van der Waals surface area (Å²) in [5.41, 5.74) is 5.13. The molecule has 0 aromatic heterocycles. The molecule has 2 aliphatic rings. The summed E-state index contributed by atoms with van der Waals surface area (Å²) in [6.07, 6.45) is 18.1. The molecule has 0 saturated carbocycles. The van der Waals surface area contributed by atoms with Crippen LogP contribution in [0.25, 0.3) is 0 Å². The van der Waals surface area contributed by atoms with Gasteiger partial charge >= 0.3 is 0 Å². The van der Waals surface area contributed by atoms with Crippen molar-refractivity contribution in [2.24, 2.45) is 0 Å². The summed E-state index contributed by atoms with van der Waals surface area (Å²) < 4.78 is 6.13. The zero-order chi connectivity index (χ0) is 24.5. The van der Waals surface area contributed by atoms with Gasteiger partial charge < -0.3 is 4.74 Å². The average molecular weight is 471 g/mol. The van der Waals surface area contributed by atoms with Crippen LogP contribution in [0.5, 0.6) is 5.75 Å². The van der Waals surface area contributed by atoms with Gasteiger partial charge in [0, 0.05) is 11.5 Å². The van der Waals surface area contributed by atoms with E-state index in [-0.39, 0.29) is 17.5 Å². The number of ketones is 2. The predicted molar refractivity (Wildman–Crippen MR) is 142 cm³/mol. The molecular weight excluding hydrogens is 432 g/mol. The monoisotopic (exact) mass is 470 g/mol. The summed E-state index contributed by atoms with van der Waals surface area (Å²) in [6.45, 7) is 2.97. The molecule has 3 nitrogen and oxygen atoms in total. The number of carbonyl (C=O) groups is 2. The Bertz CT molecular complexity index is 1090. The molecule has 0 bridgehead atoms. The maximum Gasteiger partial charge on any atom is 0.183 e. The molecule has 1 unspecified atom stereocenters. The molecule has 0 fully saturated rings. The lowest BCUT2D eigenvalue weighted by Crippen LogP contribution is -2.21. The lowest BCUT2D eigenvalue weighted by molar-refractivity contribution is -0.114. The summed E-state index contributed by atoms with van der Waals surface area (Å²) in [7, 11) is 0. The molecule has 2 aliphatic carbocycles. The van der Waals surface area contributed by atoms with Crippen molar-refractivity contribution >= 4 is 11.6 Å². The van der Waals surface area contributed by atoms with E-state index in [1.54, 1.807) is 0 Å². The minimum atomic E-state index is -0.239. The second-order valence-corrected chi connectivity index (χ2v) is 9.90. The Morgan fingerprint density at radius 1 is 0.771 bits per heavy atom. The fourth-order valence-corrected chi connectivity index (χ4v) is 5.31. The van der Waals surface area contributed by atoms with E-state index < -0.39 is 0 Å². The van der Waals surface area contributed by atoms with E-state index in [0.29, 0.717) is 12.2 Å². The van der Waals surface area contributed by atoms with E-state index >= 15 is 0 Å². The molecule has 184 valence electrons. The summed E-state index contributed by atoms with van der Waals surface area (Å²) in [6, 6.07) is 14.5. The summed E-state index contributed by atoms with van der Waals surface area (Å²) in [5, 5.41) is 0. The average Bonchev–Trinajstić information content (AvgIpc) is 2.87. The molecule has 0 saturated heterocycles. The summed E-state index contributed by atoms with van der Waals surface area (Å²) >= 11 is 0. The molecule has 0 aliphatic heterocycles. The Labute approximate surface area is 210 Å². The number of hydrogen-bond acceptors (Lipinski definition) is 3. The van der Waals surface area contributed by atoms with E-state index in [1.807, 2.05) is 18.2 Å². The third kappa shape index (κ3) is 6.60. The second kappa shape index (κ2) is 12.7. The number of allylic oxidation sites excluding steroid dienone is 4. The fraction of sp³-hybridized carbons (Fsp3) is 0.438. The number of unbranched alkanes of at least 4 members (excludes halogenated alkanes) is 9. The first-order valence-electron chi connectivity index (χ1n) is 13.5. The van der Waals surface area contributed by atoms with Gasteiger partial charge in [-0.25, -0.2) is 0 Å². The van der Waals surface area contributed by atoms with Gasteiger partial charge in [-0.2, -0.15) is 0 Å². The maximum atomic E-state index is 12.8. The molecule has 2 aromatic carbocycles. The highest BCUT2D eigenvalue weighted by atomic mass is 16.5. The molecule has 0 amide bonds. The Balaban J connectivity index is 1.36. The third-order valence-electron chi connectivity index (χ3n) is 7.23. The van der Waals surface area contributed by atoms with E-state index in [1.165, 1.54) is 87.1 Å². The molecule has 2 aromatic rings. The first kappa shape index (κ1) is 25.2. The minimum Gasteiger partial charge on any atom is -0.494 e. The molecule has 0 radical (unpaired) electrons. The topological polar surface area (TPSA) is 43.4 Å². The van der Waals surface area contributed by atoms with E-state index in [2.05, 4.69) is 31.2 Å². The zero-order valence-corrected chi connectivity index (χ0v) is 21.1. The molecule has 3 heteroatoms. The smallest absolute Gasteiger partial charge is 0.183 e. The predicted octanol–water partition coefficient (Wildman–Crippen LogP) is 7.66. The van der Waals surface area contributed by atoms with Crippen LogP contribution in [0.3, 0.4) is 0 Å². The molecule has 4 rings (SSSR count). The summed E-state index contributed by atoms with van der Waals surface area (Å²) in [5.74, 6) is 0.388.